The van der Waals surface area contributed by atoms with Gasteiger partial charge >= 0.3 is 6.03 Å². The highest BCUT2D eigenvalue weighted by atomic mass is 79.9. The summed E-state index contributed by atoms with van der Waals surface area (Å²) in [7, 11) is 0. The van der Waals surface area contributed by atoms with Crippen LogP contribution in [0.25, 0.3) is 0 Å². The van der Waals surface area contributed by atoms with Crippen molar-refractivity contribution in [2.75, 3.05) is 25.0 Å². The summed E-state index contributed by atoms with van der Waals surface area (Å²) >= 11 is 4.78. The zero-order valence-electron chi connectivity index (χ0n) is 13.7. The van der Waals surface area contributed by atoms with Gasteiger partial charge in [0.05, 0.1) is 11.1 Å². The lowest BCUT2D eigenvalue weighted by Crippen LogP contribution is -2.52. The Morgan fingerprint density at radius 1 is 1.52 bits per heavy atom. The fourth-order valence-electron chi connectivity index (χ4n) is 2.67. The number of aliphatic hydroxyl groups excluding tert-OH is 1. The molecule has 3 rings (SSSR count). The number of carbonyl (C=O) groups is 1. The number of thiazole rings is 1. The van der Waals surface area contributed by atoms with Gasteiger partial charge in [-0.1, -0.05) is 34.0 Å². The van der Waals surface area contributed by atoms with Crippen LogP contribution in [-0.4, -0.2) is 40.7 Å². The molecule has 5 nitrogen and oxygen atoms in total. The van der Waals surface area contributed by atoms with Crippen molar-refractivity contribution in [1.82, 2.24) is 9.88 Å². The number of amides is 2. The van der Waals surface area contributed by atoms with Crippen LogP contribution in [-0.2, 0) is 5.41 Å². The van der Waals surface area contributed by atoms with E-state index < -0.39 is 5.41 Å². The normalized spacial score (nSPS) is 16.6. The summed E-state index contributed by atoms with van der Waals surface area (Å²) in [6.07, 6.45) is 5.81. The topological polar surface area (TPSA) is 65.5 Å². The minimum Gasteiger partial charge on any atom is -0.396 e. The molecule has 2 heterocycles. The molecule has 1 atom stereocenters. The van der Waals surface area contributed by atoms with Crippen molar-refractivity contribution in [3.63, 3.8) is 0 Å². The summed E-state index contributed by atoms with van der Waals surface area (Å²) < 4.78 is 0.984. The number of terminal acetylenes is 1. The number of nitrogens with zero attached hydrogens (tertiary/aromatic N) is 2. The van der Waals surface area contributed by atoms with Crippen molar-refractivity contribution >= 4 is 38.4 Å². The SMILES string of the molecule is C#C[C@@](C)(c1ccc(Br)cc1)c1csc(NC(=O)N2CC(CO)C2)n1. The van der Waals surface area contributed by atoms with Crippen molar-refractivity contribution in [1.29, 1.82) is 0 Å². The third-order valence-electron chi connectivity index (χ3n) is 4.44. The number of halogens is 1. The van der Waals surface area contributed by atoms with Gasteiger partial charge in [-0.2, -0.15) is 0 Å². The lowest BCUT2D eigenvalue weighted by molar-refractivity contribution is 0.0838. The molecule has 1 saturated heterocycles. The number of benzene rings is 1. The number of nitrogens with one attached hydrogen (secondary N) is 1. The van der Waals surface area contributed by atoms with Crippen LogP contribution in [0.1, 0.15) is 18.2 Å². The number of rotatable bonds is 4. The first-order chi connectivity index (χ1) is 12.0. The molecular weight excluding hydrogens is 402 g/mol. The van der Waals surface area contributed by atoms with Gasteiger partial charge in [0, 0.05) is 35.5 Å². The molecule has 2 aromatic rings. The van der Waals surface area contributed by atoms with Crippen LogP contribution in [0.4, 0.5) is 9.93 Å². The number of hydrogen-bond acceptors (Lipinski definition) is 4. The molecule has 25 heavy (non-hydrogen) atoms. The van der Waals surface area contributed by atoms with Gasteiger partial charge in [0.15, 0.2) is 5.13 Å². The maximum atomic E-state index is 12.1. The molecule has 0 radical (unpaired) electrons. The van der Waals surface area contributed by atoms with Crippen molar-refractivity contribution in [2.24, 2.45) is 5.92 Å². The molecule has 130 valence electrons. The van der Waals surface area contributed by atoms with Gasteiger partial charge in [0.2, 0.25) is 0 Å². The lowest BCUT2D eigenvalue weighted by Gasteiger charge is -2.37. The summed E-state index contributed by atoms with van der Waals surface area (Å²) in [4.78, 5) is 18.3. The molecule has 2 amide bonds. The first-order valence-corrected chi connectivity index (χ1v) is 9.50. The number of likely N-dealkylation sites (tertiary alicyclic amines) is 1. The van der Waals surface area contributed by atoms with Crippen LogP contribution in [0.15, 0.2) is 34.1 Å². The average Bonchev–Trinajstić information content (AvgIpc) is 3.03. The van der Waals surface area contributed by atoms with E-state index in [0.717, 1.165) is 15.7 Å². The van der Waals surface area contributed by atoms with Crippen LogP contribution >= 0.6 is 27.3 Å². The highest BCUT2D eigenvalue weighted by molar-refractivity contribution is 9.10. The Hall–Kier alpha value is -1.88. The van der Waals surface area contributed by atoms with E-state index in [4.69, 9.17) is 11.5 Å². The highest BCUT2D eigenvalue weighted by Gasteiger charge is 2.32. The lowest BCUT2D eigenvalue weighted by atomic mass is 9.81. The molecule has 1 aromatic heterocycles. The summed E-state index contributed by atoms with van der Waals surface area (Å²) in [5.41, 5.74) is 1.03. The Morgan fingerprint density at radius 2 is 2.20 bits per heavy atom. The Kier molecular flexibility index (Phi) is 5.13. The standard InChI is InChI=1S/C18H18BrN3O2S/c1-3-18(2,13-4-6-14(19)7-5-13)15-11-25-16(20-15)21-17(24)22-8-12(9-22)10-23/h1,4-7,11-12,23H,8-10H2,2H3,(H,20,21,24)/t18-/m0/s1. The minimum absolute atomic E-state index is 0.110. The largest absolute Gasteiger partial charge is 0.396 e. The highest BCUT2D eigenvalue weighted by Crippen LogP contribution is 2.34. The summed E-state index contributed by atoms with van der Waals surface area (Å²) in [5.74, 6) is 3.01. The van der Waals surface area contributed by atoms with Gasteiger partial charge < -0.3 is 10.0 Å². The second-order valence-electron chi connectivity index (χ2n) is 6.20. The second kappa shape index (κ2) is 7.16. The molecule has 0 aliphatic carbocycles. The number of carbonyl (C=O) groups excluding carboxylic acids is 1. The van der Waals surface area contributed by atoms with E-state index in [1.165, 1.54) is 11.3 Å². The number of hydrogen-bond donors (Lipinski definition) is 2. The molecule has 1 aliphatic heterocycles. The molecule has 0 spiro atoms. The molecule has 1 aromatic carbocycles. The monoisotopic (exact) mass is 419 g/mol. The van der Waals surface area contributed by atoms with Crippen molar-refractivity contribution in [2.45, 2.75) is 12.3 Å². The van der Waals surface area contributed by atoms with Crippen LogP contribution in [0.5, 0.6) is 0 Å². The maximum Gasteiger partial charge on any atom is 0.323 e. The van der Waals surface area contributed by atoms with E-state index in [2.05, 4.69) is 32.2 Å². The summed E-state index contributed by atoms with van der Waals surface area (Å²) in [5, 5.41) is 14.2. The predicted molar refractivity (Wildman–Crippen MR) is 103 cm³/mol. The molecule has 7 heteroatoms. The van der Waals surface area contributed by atoms with Gasteiger partial charge in [-0.05, 0) is 24.6 Å². The molecule has 1 fully saturated rings. The van der Waals surface area contributed by atoms with E-state index in [1.807, 2.05) is 36.6 Å². The first-order valence-electron chi connectivity index (χ1n) is 7.83. The van der Waals surface area contributed by atoms with Gasteiger partial charge in [-0.15, -0.1) is 17.8 Å². The Labute approximate surface area is 159 Å². The summed E-state index contributed by atoms with van der Waals surface area (Å²) in [6.45, 7) is 3.19. The van der Waals surface area contributed by atoms with Crippen LogP contribution in [0.2, 0.25) is 0 Å². The van der Waals surface area contributed by atoms with E-state index in [9.17, 15) is 4.79 Å². The number of urea groups is 1. The molecule has 0 saturated carbocycles. The quantitative estimate of drug-likeness (QED) is 0.747. The average molecular weight is 420 g/mol. The molecule has 1 aliphatic rings. The van der Waals surface area contributed by atoms with E-state index >= 15 is 0 Å². The van der Waals surface area contributed by atoms with Crippen molar-refractivity contribution < 1.29 is 9.90 Å². The van der Waals surface area contributed by atoms with E-state index in [0.29, 0.717) is 18.2 Å². The fourth-order valence-corrected chi connectivity index (χ4v) is 3.74. The summed E-state index contributed by atoms with van der Waals surface area (Å²) in [6, 6.07) is 7.63. The van der Waals surface area contributed by atoms with Gasteiger partial charge in [0.1, 0.15) is 0 Å². The third-order valence-corrected chi connectivity index (χ3v) is 5.73. The van der Waals surface area contributed by atoms with Gasteiger partial charge in [-0.25, -0.2) is 9.78 Å². The van der Waals surface area contributed by atoms with Crippen LogP contribution in [0.3, 0.4) is 0 Å². The first kappa shape index (κ1) is 17.9. The van der Waals surface area contributed by atoms with E-state index in [-0.39, 0.29) is 18.6 Å². The van der Waals surface area contributed by atoms with E-state index in [1.54, 1.807) is 4.90 Å². The Balaban J connectivity index is 1.74. The second-order valence-corrected chi connectivity index (χ2v) is 7.97. The zero-order chi connectivity index (χ0) is 18.0. The predicted octanol–water partition coefficient (Wildman–Crippen LogP) is 3.30. The van der Waals surface area contributed by atoms with Crippen LogP contribution in [0, 0.1) is 18.3 Å². The molecular formula is C18H18BrN3O2S. The van der Waals surface area contributed by atoms with Gasteiger partial charge in [0.25, 0.3) is 0 Å². The molecule has 0 unspecified atom stereocenters. The Bertz CT molecular complexity index is 808. The zero-order valence-corrected chi connectivity index (χ0v) is 16.1. The number of anilines is 1. The Morgan fingerprint density at radius 3 is 2.80 bits per heavy atom. The third kappa shape index (κ3) is 3.56. The smallest absolute Gasteiger partial charge is 0.323 e. The fraction of sp³-hybridized carbons (Fsp3) is 0.333. The number of aliphatic hydroxyl groups is 1. The molecule has 0 bridgehead atoms. The van der Waals surface area contributed by atoms with Crippen molar-refractivity contribution in [3.05, 3.63) is 45.4 Å². The van der Waals surface area contributed by atoms with Gasteiger partial charge in [-0.3, -0.25) is 5.32 Å². The van der Waals surface area contributed by atoms with Crippen LogP contribution < -0.4 is 5.32 Å². The van der Waals surface area contributed by atoms with Crippen molar-refractivity contribution in [3.8, 4) is 12.3 Å². The molecule has 2 N–H and O–H groups in total. The minimum atomic E-state index is -0.668. The number of aromatic nitrogens is 1. The maximum absolute atomic E-state index is 12.1.